The monoisotopic (exact) mass is 344 g/mol. The van der Waals surface area contributed by atoms with Crippen LogP contribution in [-0.4, -0.2) is 38.1 Å². The molecule has 0 aromatic carbocycles. The minimum atomic E-state index is -0.714. The number of halogens is 1. The van der Waals surface area contributed by atoms with Crippen LogP contribution >= 0.6 is 0 Å². The number of carbonyl (C=O) groups is 1. The lowest BCUT2D eigenvalue weighted by Crippen LogP contribution is -2.55. The summed E-state index contributed by atoms with van der Waals surface area (Å²) in [5, 5.41) is 17.0. The number of rotatable bonds is 4. The average Bonchev–Trinajstić information content (AvgIpc) is 3.07. The second-order valence-electron chi connectivity index (χ2n) is 7.45. The van der Waals surface area contributed by atoms with Crippen molar-refractivity contribution < 1.29 is 19.1 Å². The van der Waals surface area contributed by atoms with Crippen molar-refractivity contribution in [2.75, 3.05) is 6.67 Å². The van der Waals surface area contributed by atoms with E-state index in [1.54, 1.807) is 4.68 Å². The summed E-state index contributed by atoms with van der Waals surface area (Å²) in [7, 11) is 0. The van der Waals surface area contributed by atoms with Crippen LogP contribution in [0.3, 0.4) is 0 Å². The molecule has 2 atom stereocenters. The first-order valence-electron chi connectivity index (χ1n) is 8.67. The van der Waals surface area contributed by atoms with Gasteiger partial charge in [-0.1, -0.05) is 0 Å². The lowest BCUT2D eigenvalue weighted by atomic mass is 9.77. The van der Waals surface area contributed by atoms with Crippen LogP contribution in [0.4, 0.5) is 4.39 Å². The standard InChI is InChI=1S/C17H18FN5O2/c18-9-17(2-1-3-17)20-16(24)14-12-7-10-6-11(10)15(12)23(21-14)13-8-22(25)5-4-19-13/h4-5,8,10-11H,1-3,6-7,9H2,(H-,19,20,24,25)/p+1/t10-,11-/m0/s1. The van der Waals surface area contributed by atoms with Crippen LogP contribution in [0.1, 0.15) is 53.3 Å². The average molecular weight is 344 g/mol. The van der Waals surface area contributed by atoms with Crippen molar-refractivity contribution in [3.8, 4) is 5.82 Å². The van der Waals surface area contributed by atoms with Gasteiger partial charge in [0.2, 0.25) is 12.0 Å². The van der Waals surface area contributed by atoms with E-state index < -0.39 is 12.2 Å². The number of amides is 1. The number of hydrogen-bond acceptors (Lipinski definition) is 4. The maximum Gasteiger partial charge on any atom is 0.272 e. The van der Waals surface area contributed by atoms with Crippen LogP contribution in [0.15, 0.2) is 18.6 Å². The van der Waals surface area contributed by atoms with Crippen molar-refractivity contribution in [2.45, 2.75) is 43.6 Å². The van der Waals surface area contributed by atoms with E-state index in [4.69, 9.17) is 0 Å². The quantitative estimate of drug-likeness (QED) is 0.642. The van der Waals surface area contributed by atoms with Crippen molar-refractivity contribution in [3.63, 3.8) is 0 Å². The molecule has 0 saturated heterocycles. The van der Waals surface area contributed by atoms with Gasteiger partial charge in [0.25, 0.3) is 12.1 Å². The van der Waals surface area contributed by atoms with Crippen LogP contribution in [0, 0.1) is 5.92 Å². The van der Waals surface area contributed by atoms with Gasteiger partial charge >= 0.3 is 0 Å². The minimum Gasteiger partial charge on any atom is -0.343 e. The van der Waals surface area contributed by atoms with Crippen LogP contribution < -0.4 is 10.0 Å². The number of hydrogen-bond donors (Lipinski definition) is 2. The summed E-state index contributed by atoms with van der Waals surface area (Å²) in [5.41, 5.74) is 1.62. The Bertz CT molecular complexity index is 870. The molecular weight excluding hydrogens is 325 g/mol. The van der Waals surface area contributed by atoms with Gasteiger partial charge in [-0.2, -0.15) is 5.10 Å². The fourth-order valence-corrected chi connectivity index (χ4v) is 4.15. The Morgan fingerprint density at radius 1 is 1.52 bits per heavy atom. The highest BCUT2D eigenvalue weighted by atomic mass is 19.1. The lowest BCUT2D eigenvalue weighted by molar-refractivity contribution is -0.904. The Labute approximate surface area is 143 Å². The van der Waals surface area contributed by atoms with Gasteiger partial charge in [0.1, 0.15) is 6.67 Å². The normalized spacial score (nSPS) is 25.0. The zero-order valence-electron chi connectivity index (χ0n) is 13.7. The fourth-order valence-electron chi connectivity index (χ4n) is 4.15. The largest absolute Gasteiger partial charge is 0.343 e. The first-order valence-corrected chi connectivity index (χ1v) is 8.67. The maximum absolute atomic E-state index is 13.3. The molecular formula is C17H19FN5O2+. The van der Waals surface area contributed by atoms with Gasteiger partial charge < -0.3 is 5.32 Å². The zero-order valence-corrected chi connectivity index (χ0v) is 13.7. The van der Waals surface area contributed by atoms with Crippen LogP contribution in [0.25, 0.3) is 5.82 Å². The lowest BCUT2D eigenvalue weighted by Gasteiger charge is -2.39. The van der Waals surface area contributed by atoms with E-state index in [0.717, 1.165) is 35.3 Å². The predicted octanol–water partition coefficient (Wildman–Crippen LogP) is 1.07. The van der Waals surface area contributed by atoms with Gasteiger partial charge in [0.15, 0.2) is 5.69 Å². The van der Waals surface area contributed by atoms with Gasteiger partial charge in [-0.3, -0.25) is 10.0 Å². The van der Waals surface area contributed by atoms with E-state index in [1.807, 2.05) is 0 Å². The summed E-state index contributed by atoms with van der Waals surface area (Å²) < 4.78 is 15.9. The van der Waals surface area contributed by atoms with Crippen molar-refractivity contribution in [1.29, 1.82) is 0 Å². The number of nitrogens with one attached hydrogen (secondary N) is 1. The molecule has 2 heterocycles. The second-order valence-corrected chi connectivity index (χ2v) is 7.45. The van der Waals surface area contributed by atoms with E-state index in [9.17, 15) is 14.4 Å². The van der Waals surface area contributed by atoms with Crippen molar-refractivity contribution in [2.24, 2.45) is 5.92 Å². The highest BCUT2D eigenvalue weighted by Gasteiger charge is 2.51. The molecule has 8 heteroatoms. The molecule has 0 radical (unpaired) electrons. The summed E-state index contributed by atoms with van der Waals surface area (Å²) >= 11 is 0. The van der Waals surface area contributed by atoms with Gasteiger partial charge in [0.05, 0.1) is 17.4 Å². The summed E-state index contributed by atoms with van der Waals surface area (Å²) in [6.45, 7) is -0.544. The molecule has 2 aromatic heterocycles. The molecule has 2 aromatic rings. The van der Waals surface area contributed by atoms with Gasteiger partial charge in [-0.05, 0) is 38.0 Å². The Morgan fingerprint density at radius 2 is 2.36 bits per heavy atom. The highest BCUT2D eigenvalue weighted by molar-refractivity contribution is 5.95. The summed E-state index contributed by atoms with van der Waals surface area (Å²) in [6.07, 6.45) is 8.57. The Hall–Kier alpha value is -2.51. The van der Waals surface area contributed by atoms with Gasteiger partial charge in [-0.15, -0.1) is 0 Å². The summed E-state index contributed by atoms with van der Waals surface area (Å²) in [5.74, 6) is 1.13. The minimum absolute atomic E-state index is 0.304. The van der Waals surface area contributed by atoms with Crippen molar-refractivity contribution in [1.82, 2.24) is 20.1 Å². The third-order valence-electron chi connectivity index (χ3n) is 5.81. The molecule has 25 heavy (non-hydrogen) atoms. The number of aromatic nitrogens is 4. The predicted molar refractivity (Wildman–Crippen MR) is 83.3 cm³/mol. The van der Waals surface area contributed by atoms with Gasteiger partial charge in [0, 0.05) is 16.2 Å². The molecule has 3 aliphatic carbocycles. The highest BCUT2D eigenvalue weighted by Crippen LogP contribution is 2.57. The van der Waals surface area contributed by atoms with Crippen molar-refractivity contribution in [3.05, 3.63) is 35.5 Å². The maximum atomic E-state index is 13.3. The molecule has 7 nitrogen and oxygen atoms in total. The number of alkyl halides is 1. The fraction of sp³-hybridized carbons (Fsp3) is 0.529. The van der Waals surface area contributed by atoms with Gasteiger partial charge in [-0.25, -0.2) is 14.1 Å². The molecule has 130 valence electrons. The van der Waals surface area contributed by atoms with E-state index in [1.165, 1.54) is 18.6 Å². The Kier molecular flexibility index (Phi) is 2.96. The van der Waals surface area contributed by atoms with E-state index in [0.29, 0.717) is 36.2 Å². The molecule has 5 rings (SSSR count). The zero-order chi connectivity index (χ0) is 17.2. The van der Waals surface area contributed by atoms with Crippen molar-refractivity contribution >= 4 is 5.91 Å². The van der Waals surface area contributed by atoms with Crippen LogP contribution in [0.5, 0.6) is 0 Å². The molecule has 0 aliphatic heterocycles. The summed E-state index contributed by atoms with van der Waals surface area (Å²) in [6, 6.07) is 0. The van der Waals surface area contributed by atoms with Crippen LogP contribution in [-0.2, 0) is 6.42 Å². The third-order valence-corrected chi connectivity index (χ3v) is 5.81. The molecule has 3 aliphatic rings. The molecule has 2 fully saturated rings. The second kappa shape index (κ2) is 5.00. The molecule has 2 N–H and O–H groups in total. The summed E-state index contributed by atoms with van der Waals surface area (Å²) in [4.78, 5) is 17.0. The molecule has 2 saturated carbocycles. The topological polar surface area (TPSA) is 83.9 Å². The third kappa shape index (κ3) is 2.16. The van der Waals surface area contributed by atoms with E-state index in [2.05, 4.69) is 15.4 Å². The first kappa shape index (κ1) is 14.8. The molecule has 0 unspecified atom stereocenters. The molecule has 0 spiro atoms. The Morgan fingerprint density at radius 3 is 3.04 bits per heavy atom. The Balaban J connectivity index is 1.54. The number of carbonyl (C=O) groups excluding carboxylic acids is 1. The first-order chi connectivity index (χ1) is 12.1. The SMILES string of the molecule is O=C(NC1(CF)CCC1)c1nn(-c2c[n+](O)ccn2)c2c1C[C@@H]1C[C@H]21. The smallest absolute Gasteiger partial charge is 0.272 e. The molecule has 0 bridgehead atoms. The number of fused-ring (bicyclic) bond motifs is 3. The van der Waals surface area contributed by atoms with E-state index in [-0.39, 0.29) is 5.91 Å². The molecule has 1 amide bonds. The van der Waals surface area contributed by atoms with E-state index >= 15 is 0 Å². The van der Waals surface area contributed by atoms with Crippen LogP contribution in [0.2, 0.25) is 0 Å². The number of nitrogens with zero attached hydrogens (tertiary/aromatic N) is 4.